The molecule has 3 atom stereocenters. The Morgan fingerprint density at radius 2 is 2.15 bits per heavy atom. The smallest absolute Gasteiger partial charge is 0.318 e. The van der Waals surface area contributed by atoms with Crippen molar-refractivity contribution in [3.63, 3.8) is 0 Å². The fourth-order valence-corrected chi connectivity index (χ4v) is 4.52. The summed E-state index contributed by atoms with van der Waals surface area (Å²) in [6, 6.07) is -0.525. The number of rotatable bonds is 3. The van der Waals surface area contributed by atoms with Crippen LogP contribution in [0.2, 0.25) is 0 Å². The number of nitrogens with zero attached hydrogens (tertiary/aromatic N) is 4. The third-order valence-electron chi connectivity index (χ3n) is 6.02. The molecule has 0 aromatic carbocycles. The molecule has 0 radical (unpaired) electrons. The van der Waals surface area contributed by atoms with E-state index in [0.29, 0.717) is 24.8 Å². The zero-order valence-corrected chi connectivity index (χ0v) is 15.4. The largest absolute Gasteiger partial charge is 0.326 e. The SMILES string of the molecule is Cn1cc(N2CCC(NC(=O)N3CCCC(C4CCNC4)C3)C2=O)cn1. The number of aryl methyl sites for hydroxylation is 1. The van der Waals surface area contributed by atoms with Gasteiger partial charge in [-0.3, -0.25) is 9.48 Å². The first kappa shape index (κ1) is 17.3. The first-order chi connectivity index (χ1) is 12.6. The molecule has 4 heterocycles. The number of amides is 3. The zero-order valence-electron chi connectivity index (χ0n) is 15.4. The second kappa shape index (κ2) is 7.26. The maximum atomic E-state index is 12.7. The monoisotopic (exact) mass is 360 g/mol. The summed E-state index contributed by atoms with van der Waals surface area (Å²) in [6.45, 7) is 4.38. The molecule has 0 aliphatic carbocycles. The lowest BCUT2D eigenvalue weighted by atomic mass is 9.85. The highest BCUT2D eigenvalue weighted by molar-refractivity contribution is 6.01. The van der Waals surface area contributed by atoms with Crippen LogP contribution in [0.25, 0.3) is 0 Å². The molecule has 2 N–H and O–H groups in total. The Hall–Kier alpha value is -2.09. The summed E-state index contributed by atoms with van der Waals surface area (Å²) in [5.41, 5.74) is 0.793. The van der Waals surface area contributed by atoms with Crippen LogP contribution in [-0.4, -0.2) is 65.4 Å². The summed E-state index contributed by atoms with van der Waals surface area (Å²) in [5, 5.41) is 10.5. The molecule has 0 spiro atoms. The first-order valence-corrected chi connectivity index (χ1v) is 9.68. The number of likely N-dealkylation sites (tertiary alicyclic amines) is 1. The van der Waals surface area contributed by atoms with Crippen LogP contribution < -0.4 is 15.5 Å². The van der Waals surface area contributed by atoms with Crippen molar-refractivity contribution in [1.82, 2.24) is 25.3 Å². The fourth-order valence-electron chi connectivity index (χ4n) is 4.52. The Labute approximate surface area is 153 Å². The van der Waals surface area contributed by atoms with Gasteiger partial charge in [-0.15, -0.1) is 0 Å². The maximum absolute atomic E-state index is 12.7. The van der Waals surface area contributed by atoms with E-state index in [1.54, 1.807) is 15.8 Å². The van der Waals surface area contributed by atoms with Gasteiger partial charge in [-0.25, -0.2) is 4.79 Å². The van der Waals surface area contributed by atoms with Crippen LogP contribution in [0.15, 0.2) is 12.4 Å². The van der Waals surface area contributed by atoms with E-state index in [-0.39, 0.29) is 11.9 Å². The summed E-state index contributed by atoms with van der Waals surface area (Å²) >= 11 is 0. The molecule has 3 unspecified atom stereocenters. The first-order valence-electron chi connectivity index (χ1n) is 9.68. The van der Waals surface area contributed by atoms with Crippen molar-refractivity contribution in [1.29, 1.82) is 0 Å². The molecule has 8 heteroatoms. The third kappa shape index (κ3) is 3.42. The lowest BCUT2D eigenvalue weighted by Crippen LogP contribution is -2.51. The predicted molar refractivity (Wildman–Crippen MR) is 97.8 cm³/mol. The topological polar surface area (TPSA) is 82.5 Å². The molecule has 0 saturated carbocycles. The molecule has 142 valence electrons. The van der Waals surface area contributed by atoms with Crippen LogP contribution in [0.1, 0.15) is 25.7 Å². The van der Waals surface area contributed by atoms with E-state index in [4.69, 9.17) is 0 Å². The quantitative estimate of drug-likeness (QED) is 0.825. The van der Waals surface area contributed by atoms with Crippen molar-refractivity contribution in [2.24, 2.45) is 18.9 Å². The van der Waals surface area contributed by atoms with Crippen molar-refractivity contribution in [2.75, 3.05) is 37.6 Å². The van der Waals surface area contributed by atoms with Crippen LogP contribution in [0, 0.1) is 11.8 Å². The van der Waals surface area contributed by atoms with E-state index in [1.807, 2.05) is 18.1 Å². The number of hydrogen-bond donors (Lipinski definition) is 2. The molecular formula is C18H28N6O2. The van der Waals surface area contributed by atoms with Gasteiger partial charge in [0.1, 0.15) is 6.04 Å². The van der Waals surface area contributed by atoms with Crippen molar-refractivity contribution < 1.29 is 9.59 Å². The lowest BCUT2D eigenvalue weighted by Gasteiger charge is -2.36. The minimum absolute atomic E-state index is 0.0418. The van der Waals surface area contributed by atoms with Gasteiger partial charge in [-0.05, 0) is 50.6 Å². The molecule has 3 aliphatic heterocycles. The Morgan fingerprint density at radius 3 is 2.88 bits per heavy atom. The molecule has 8 nitrogen and oxygen atoms in total. The number of piperidine rings is 1. The average molecular weight is 360 g/mol. The van der Waals surface area contributed by atoms with Gasteiger partial charge in [-0.2, -0.15) is 5.10 Å². The Bertz CT molecular complexity index is 668. The molecule has 3 amide bonds. The Balaban J connectivity index is 1.33. The molecule has 1 aromatic rings. The zero-order chi connectivity index (χ0) is 18.1. The van der Waals surface area contributed by atoms with Crippen LogP contribution in [0.4, 0.5) is 10.5 Å². The molecule has 3 saturated heterocycles. The van der Waals surface area contributed by atoms with Crippen molar-refractivity contribution >= 4 is 17.6 Å². The van der Waals surface area contributed by atoms with E-state index in [1.165, 1.54) is 12.8 Å². The van der Waals surface area contributed by atoms with E-state index < -0.39 is 6.04 Å². The van der Waals surface area contributed by atoms with Crippen LogP contribution in [0.3, 0.4) is 0 Å². The lowest BCUT2D eigenvalue weighted by molar-refractivity contribution is -0.118. The van der Waals surface area contributed by atoms with Crippen molar-refractivity contribution in [3.8, 4) is 0 Å². The third-order valence-corrected chi connectivity index (χ3v) is 6.02. The summed E-state index contributed by atoms with van der Waals surface area (Å²) in [4.78, 5) is 29.0. The summed E-state index contributed by atoms with van der Waals surface area (Å²) in [5.74, 6) is 1.22. The van der Waals surface area contributed by atoms with Crippen molar-refractivity contribution in [2.45, 2.75) is 31.7 Å². The number of carbonyl (C=O) groups excluding carboxylic acids is 2. The van der Waals surface area contributed by atoms with E-state index in [9.17, 15) is 9.59 Å². The number of carbonyl (C=O) groups is 2. The highest BCUT2D eigenvalue weighted by Crippen LogP contribution is 2.28. The van der Waals surface area contributed by atoms with Gasteiger partial charge in [0.05, 0.1) is 11.9 Å². The standard InChI is InChI=1S/C18H28N6O2/c1-22-12-15(10-20-22)24-8-5-16(17(24)25)21-18(26)23-7-2-3-14(11-23)13-4-6-19-9-13/h10,12-14,16,19H,2-9,11H2,1H3,(H,21,26). The Kier molecular flexibility index (Phi) is 4.84. The molecule has 1 aromatic heterocycles. The average Bonchev–Trinajstić information content (AvgIpc) is 3.38. The fraction of sp³-hybridized carbons (Fsp3) is 0.722. The van der Waals surface area contributed by atoms with Gasteiger partial charge >= 0.3 is 6.03 Å². The minimum atomic E-state index is -0.434. The number of urea groups is 1. The highest BCUT2D eigenvalue weighted by Gasteiger charge is 2.36. The van der Waals surface area contributed by atoms with Crippen LogP contribution in [-0.2, 0) is 11.8 Å². The van der Waals surface area contributed by atoms with Crippen LogP contribution >= 0.6 is 0 Å². The number of hydrogen-bond acceptors (Lipinski definition) is 4. The van der Waals surface area contributed by atoms with Gasteiger partial charge in [0.25, 0.3) is 0 Å². The molecule has 3 fully saturated rings. The second-order valence-corrected chi connectivity index (χ2v) is 7.75. The number of aromatic nitrogens is 2. The Morgan fingerprint density at radius 1 is 1.27 bits per heavy atom. The molecule has 3 aliphatic rings. The number of anilines is 1. The minimum Gasteiger partial charge on any atom is -0.326 e. The second-order valence-electron chi connectivity index (χ2n) is 7.75. The molecule has 26 heavy (non-hydrogen) atoms. The highest BCUT2D eigenvalue weighted by atomic mass is 16.2. The summed E-state index contributed by atoms with van der Waals surface area (Å²) in [6.07, 6.45) is 7.62. The van der Waals surface area contributed by atoms with E-state index in [2.05, 4.69) is 15.7 Å². The molecule has 0 bridgehead atoms. The van der Waals surface area contributed by atoms with Gasteiger partial charge in [0.2, 0.25) is 5.91 Å². The maximum Gasteiger partial charge on any atom is 0.318 e. The van der Waals surface area contributed by atoms with Gasteiger partial charge < -0.3 is 20.4 Å². The predicted octanol–water partition coefficient (Wildman–Crippen LogP) is 0.557. The van der Waals surface area contributed by atoms with Crippen molar-refractivity contribution in [3.05, 3.63) is 12.4 Å². The van der Waals surface area contributed by atoms with Gasteiger partial charge in [-0.1, -0.05) is 0 Å². The van der Waals surface area contributed by atoms with Crippen LogP contribution in [0.5, 0.6) is 0 Å². The normalized spacial score (nSPS) is 29.4. The van der Waals surface area contributed by atoms with Gasteiger partial charge in [0.15, 0.2) is 0 Å². The summed E-state index contributed by atoms with van der Waals surface area (Å²) < 4.78 is 1.68. The molecular weight excluding hydrogens is 332 g/mol. The van der Waals surface area contributed by atoms with E-state index in [0.717, 1.165) is 38.3 Å². The molecule has 4 rings (SSSR count). The summed E-state index contributed by atoms with van der Waals surface area (Å²) in [7, 11) is 1.83. The van der Waals surface area contributed by atoms with E-state index >= 15 is 0 Å². The number of nitrogens with one attached hydrogen (secondary N) is 2. The van der Waals surface area contributed by atoms with Gasteiger partial charge in [0, 0.05) is 32.9 Å².